The molecular weight excluding hydrogens is 52.0 g/mol. The van der Waals surface area contributed by atoms with E-state index in [1.165, 1.54) is 6.08 Å². The van der Waals surface area contributed by atoms with E-state index in [-0.39, 0.29) is 0 Å². The number of hydrogen-bond donors (Lipinski definition) is 1. The number of rotatable bonds is 1. The first kappa shape index (κ1) is 3.70. The van der Waals surface area contributed by atoms with Crippen molar-refractivity contribution >= 4 is 0 Å². The minimum Gasteiger partial charge on any atom is -0.386 e. The monoisotopic (exact) mass is 57.0 g/mol. The lowest BCUT2D eigenvalue weighted by Crippen LogP contribution is -1.49. The van der Waals surface area contributed by atoms with Crippen LogP contribution in [0.1, 0.15) is 0 Å². The van der Waals surface area contributed by atoms with Gasteiger partial charge in [0, 0.05) is 0 Å². The van der Waals surface area contributed by atoms with Crippen LogP contribution >= 0.6 is 0 Å². The third kappa shape index (κ3) is 1.70. The van der Waals surface area contributed by atoms with E-state index in [1.54, 1.807) is 0 Å². The molecule has 0 atom stereocenters. The van der Waals surface area contributed by atoms with Crippen molar-refractivity contribution in [3.8, 4) is 0 Å². The van der Waals surface area contributed by atoms with Crippen molar-refractivity contribution in [3.63, 3.8) is 0 Å². The van der Waals surface area contributed by atoms with Gasteiger partial charge in [-0.15, -0.1) is 6.58 Å². The van der Waals surface area contributed by atoms with Gasteiger partial charge in [-0.25, -0.2) is 0 Å². The maximum atomic E-state index is 7.63. The van der Waals surface area contributed by atoms with Crippen LogP contribution in [-0.2, 0) is 0 Å². The molecule has 0 aromatic heterocycles. The fraction of sp³-hybridized carbons (Fsp3) is 0. The molecule has 0 spiro atoms. The Hall–Kier alpha value is -0.300. The van der Waals surface area contributed by atoms with Crippen LogP contribution in [0.4, 0.5) is 0 Å². The molecule has 0 heterocycles. The Balaban J connectivity index is 2.30. The zero-order chi connectivity index (χ0) is 3.41. The molecule has 1 radical (unpaired) electrons. The van der Waals surface area contributed by atoms with Gasteiger partial charge in [-0.2, -0.15) is 0 Å². The van der Waals surface area contributed by atoms with Crippen molar-refractivity contribution in [3.05, 3.63) is 19.3 Å². The average molecular weight is 57.1 g/mol. The van der Waals surface area contributed by atoms with Crippen LogP contribution in [0.15, 0.2) is 12.7 Å². The molecule has 0 aromatic carbocycles. The van der Waals surface area contributed by atoms with Crippen LogP contribution in [0.25, 0.3) is 0 Å². The van der Waals surface area contributed by atoms with E-state index in [2.05, 4.69) is 6.58 Å². The van der Waals surface area contributed by atoms with Gasteiger partial charge in [0.15, 0.2) is 0 Å². The highest BCUT2D eigenvalue weighted by Crippen LogP contribution is 1.57. The maximum Gasteiger partial charge on any atom is 0.101 e. The summed E-state index contributed by atoms with van der Waals surface area (Å²) in [5, 5.41) is 7.63. The summed E-state index contributed by atoms with van der Waals surface area (Å²) in [5.74, 6) is 0. The van der Waals surface area contributed by atoms with Gasteiger partial charge in [0.25, 0.3) is 0 Å². The van der Waals surface area contributed by atoms with E-state index in [4.69, 9.17) is 5.11 Å². The topological polar surface area (TPSA) is 20.2 Å². The second-order valence-electron chi connectivity index (χ2n) is 0.385. The fourth-order valence-corrected chi connectivity index (χ4v) is 0. The van der Waals surface area contributed by atoms with Crippen LogP contribution in [0.3, 0.4) is 0 Å². The first-order chi connectivity index (χ1) is 1.91. The number of hydrogen-bond acceptors (Lipinski definition) is 1. The standard InChI is InChI=1S/C3H5O/c1-2-3-4/h2-4H,1H2. The van der Waals surface area contributed by atoms with Crippen LogP contribution in [0.2, 0.25) is 0 Å². The predicted octanol–water partition coefficient (Wildman–Crippen LogP) is 0.707. The minimum atomic E-state index is 0.889. The van der Waals surface area contributed by atoms with Gasteiger partial charge >= 0.3 is 0 Å². The Morgan fingerprint density at radius 3 is 2.00 bits per heavy atom. The van der Waals surface area contributed by atoms with Gasteiger partial charge in [0.1, 0.15) is 6.61 Å². The summed E-state index contributed by atoms with van der Waals surface area (Å²) in [6, 6.07) is 0. The first-order valence-corrected chi connectivity index (χ1v) is 1.000. The Bertz CT molecular complexity index is 17.2. The molecule has 0 saturated carbocycles. The van der Waals surface area contributed by atoms with E-state index in [1.807, 2.05) is 0 Å². The zero-order valence-electron chi connectivity index (χ0n) is 2.31. The summed E-state index contributed by atoms with van der Waals surface area (Å²) in [7, 11) is 0. The van der Waals surface area contributed by atoms with Crippen molar-refractivity contribution in [2.24, 2.45) is 0 Å². The molecule has 0 aromatic rings. The Labute approximate surface area is 25.6 Å². The molecule has 23 valence electrons. The molecule has 0 bridgehead atoms. The Kier molecular flexibility index (Phi) is 2.50. The molecule has 0 saturated heterocycles. The third-order valence-corrected chi connectivity index (χ3v) is 0.105. The van der Waals surface area contributed by atoms with Crippen molar-refractivity contribution in [1.82, 2.24) is 0 Å². The second-order valence-corrected chi connectivity index (χ2v) is 0.385. The summed E-state index contributed by atoms with van der Waals surface area (Å²) in [4.78, 5) is 0. The number of aliphatic hydroxyl groups excluding tert-OH is 1. The lowest BCUT2D eigenvalue weighted by Gasteiger charge is -1.58. The lowest BCUT2D eigenvalue weighted by molar-refractivity contribution is 0.421. The first-order valence-electron chi connectivity index (χ1n) is 1.000. The van der Waals surface area contributed by atoms with Crippen LogP contribution in [0.5, 0.6) is 0 Å². The SMILES string of the molecule is C=C[CH]O. The molecular formula is C3H5O. The molecule has 0 unspecified atom stereocenters. The molecule has 1 heteroatoms. The van der Waals surface area contributed by atoms with Gasteiger partial charge in [0.2, 0.25) is 0 Å². The Morgan fingerprint density at radius 1 is 1.75 bits per heavy atom. The van der Waals surface area contributed by atoms with Crippen molar-refractivity contribution < 1.29 is 5.11 Å². The highest BCUT2D eigenvalue weighted by atomic mass is 16.2. The quantitative estimate of drug-likeness (QED) is 0.470. The average Bonchev–Trinajstić information content (AvgIpc) is 1.37. The van der Waals surface area contributed by atoms with Crippen molar-refractivity contribution in [1.29, 1.82) is 0 Å². The number of aliphatic hydroxyl groups is 1. The van der Waals surface area contributed by atoms with Crippen LogP contribution < -0.4 is 0 Å². The Morgan fingerprint density at radius 2 is 2.00 bits per heavy atom. The summed E-state index contributed by atoms with van der Waals surface area (Å²) in [6.07, 6.45) is 1.31. The molecule has 0 aliphatic carbocycles. The molecule has 0 fully saturated rings. The molecule has 1 nitrogen and oxygen atoms in total. The van der Waals surface area contributed by atoms with Crippen LogP contribution in [0, 0.1) is 6.61 Å². The minimum absolute atomic E-state index is 0.889. The fourth-order valence-electron chi connectivity index (χ4n) is 0. The summed E-state index contributed by atoms with van der Waals surface area (Å²) < 4.78 is 0. The summed E-state index contributed by atoms with van der Waals surface area (Å²) in [6.45, 7) is 4.06. The molecule has 4 heavy (non-hydrogen) atoms. The van der Waals surface area contributed by atoms with E-state index >= 15 is 0 Å². The maximum absolute atomic E-state index is 7.63. The predicted molar refractivity (Wildman–Crippen MR) is 16.4 cm³/mol. The summed E-state index contributed by atoms with van der Waals surface area (Å²) >= 11 is 0. The van der Waals surface area contributed by atoms with Crippen molar-refractivity contribution in [2.75, 3.05) is 0 Å². The van der Waals surface area contributed by atoms with Gasteiger partial charge in [-0.05, 0) is 0 Å². The molecule has 0 aliphatic heterocycles. The van der Waals surface area contributed by atoms with Gasteiger partial charge in [0.05, 0.1) is 0 Å². The molecule has 1 N–H and O–H groups in total. The second kappa shape index (κ2) is 2.70. The lowest BCUT2D eigenvalue weighted by atomic mass is 10.7. The van der Waals surface area contributed by atoms with E-state index < -0.39 is 0 Å². The molecule has 0 rings (SSSR count). The third-order valence-electron chi connectivity index (χ3n) is 0.105. The largest absolute Gasteiger partial charge is 0.386 e. The van der Waals surface area contributed by atoms with Gasteiger partial charge in [-0.3, -0.25) is 0 Å². The molecule has 0 amide bonds. The zero-order valence-corrected chi connectivity index (χ0v) is 2.31. The highest BCUT2D eigenvalue weighted by Gasteiger charge is 1.47. The van der Waals surface area contributed by atoms with Crippen molar-refractivity contribution in [2.45, 2.75) is 0 Å². The van der Waals surface area contributed by atoms with E-state index in [0.717, 1.165) is 6.61 Å². The smallest absolute Gasteiger partial charge is 0.101 e. The van der Waals surface area contributed by atoms with E-state index in [9.17, 15) is 0 Å². The molecule has 0 aliphatic rings. The highest BCUT2D eigenvalue weighted by molar-refractivity contribution is 4.73. The van der Waals surface area contributed by atoms with Gasteiger partial charge in [-0.1, -0.05) is 6.08 Å². The normalized spacial score (nSPS) is 6.25. The van der Waals surface area contributed by atoms with Crippen LogP contribution in [-0.4, -0.2) is 5.11 Å². The van der Waals surface area contributed by atoms with E-state index in [0.29, 0.717) is 0 Å². The summed E-state index contributed by atoms with van der Waals surface area (Å²) in [5.41, 5.74) is 0. The van der Waals surface area contributed by atoms with Gasteiger partial charge < -0.3 is 5.11 Å².